The van der Waals surface area contributed by atoms with Crippen LogP contribution < -0.4 is 5.32 Å². The lowest BCUT2D eigenvalue weighted by Gasteiger charge is -2.38. The number of allylic oxidation sites excluding steroid dienone is 1. The number of benzene rings is 1. The Morgan fingerprint density at radius 2 is 1.78 bits per heavy atom. The summed E-state index contributed by atoms with van der Waals surface area (Å²) < 4.78 is 46.9. The maximum Gasteiger partial charge on any atom is 0.410 e. The maximum absolute atomic E-state index is 13.6. The number of carbonyl (C=O) groups excluding carboxylic acids is 1. The molecule has 1 saturated heterocycles. The molecular weight excluding hydrogens is 621 g/mol. The summed E-state index contributed by atoms with van der Waals surface area (Å²) in [6.07, 6.45) is 6.79. The molecule has 3 rings (SSSR count). The van der Waals surface area contributed by atoms with E-state index < -0.39 is 29.0 Å². The smallest absolute Gasteiger partial charge is 0.410 e. The topological polar surface area (TPSA) is 96.7 Å². The van der Waals surface area contributed by atoms with E-state index in [1.165, 1.54) is 6.08 Å². The summed E-state index contributed by atoms with van der Waals surface area (Å²) >= 11 is 6.14. The van der Waals surface area contributed by atoms with E-state index in [4.69, 9.17) is 21.4 Å². The number of nitrogens with zero attached hydrogens (tertiary/aromatic N) is 3. The Bertz CT molecular complexity index is 1310. The lowest BCUT2D eigenvalue weighted by molar-refractivity contribution is -0.132. The van der Waals surface area contributed by atoms with Gasteiger partial charge in [0.05, 0.1) is 11.3 Å². The van der Waals surface area contributed by atoms with E-state index in [-0.39, 0.29) is 29.7 Å². The van der Waals surface area contributed by atoms with Gasteiger partial charge in [-0.1, -0.05) is 64.4 Å². The number of halogens is 4. The summed E-state index contributed by atoms with van der Waals surface area (Å²) in [5, 5.41) is 16.8. The van der Waals surface area contributed by atoms with E-state index in [1.807, 2.05) is 62.4 Å². The van der Waals surface area contributed by atoms with Crippen LogP contribution in [0.4, 0.5) is 18.0 Å². The van der Waals surface area contributed by atoms with Crippen molar-refractivity contribution in [3.63, 3.8) is 0 Å². The fourth-order valence-electron chi connectivity index (χ4n) is 4.20. The van der Waals surface area contributed by atoms with Crippen LogP contribution in [-0.4, -0.2) is 64.1 Å². The van der Waals surface area contributed by atoms with E-state index in [0.29, 0.717) is 42.0 Å². The Kier molecular flexibility index (Phi) is 19.9. The number of aromatic nitrogens is 2. The average Bonchev–Trinajstić information content (AvgIpc) is 3.30. The lowest BCUT2D eigenvalue weighted by atomic mass is 9.96. The molecule has 2 heterocycles. The molecule has 0 bridgehead atoms. The van der Waals surface area contributed by atoms with Gasteiger partial charge in [0.25, 0.3) is 0 Å². The Balaban J connectivity index is 0.000000796. The van der Waals surface area contributed by atoms with E-state index in [9.17, 15) is 22.8 Å². The zero-order valence-corrected chi connectivity index (χ0v) is 29.7. The van der Waals surface area contributed by atoms with Crippen molar-refractivity contribution in [2.24, 2.45) is 0 Å². The fraction of sp³-hybridized carbons (Fsp3) is 0.559. The van der Waals surface area contributed by atoms with E-state index in [1.54, 1.807) is 28.7 Å². The highest BCUT2D eigenvalue weighted by atomic mass is 35.5. The first-order valence-corrected chi connectivity index (χ1v) is 16.2. The third kappa shape index (κ3) is 13.2. The van der Waals surface area contributed by atoms with Gasteiger partial charge in [-0.3, -0.25) is 4.68 Å². The van der Waals surface area contributed by atoms with Crippen LogP contribution in [0.2, 0.25) is 5.15 Å². The summed E-state index contributed by atoms with van der Waals surface area (Å²) in [7, 11) is 1.87. The van der Waals surface area contributed by atoms with Crippen molar-refractivity contribution in [1.82, 2.24) is 20.0 Å². The highest BCUT2D eigenvalue weighted by Crippen LogP contribution is 2.27. The molecule has 1 aliphatic heterocycles. The molecule has 46 heavy (non-hydrogen) atoms. The minimum Gasteiger partial charge on any atom is -0.478 e. The van der Waals surface area contributed by atoms with Crippen molar-refractivity contribution in [3.8, 4) is 0 Å². The van der Waals surface area contributed by atoms with Gasteiger partial charge in [-0.25, -0.2) is 22.8 Å². The number of cyclic esters (lactones) is 1. The molecule has 0 radical (unpaired) electrons. The summed E-state index contributed by atoms with van der Waals surface area (Å²) in [5.74, 6) is -4.03. The predicted molar refractivity (Wildman–Crippen MR) is 179 cm³/mol. The van der Waals surface area contributed by atoms with Gasteiger partial charge in [-0.15, -0.1) is 0 Å². The van der Waals surface area contributed by atoms with Crippen LogP contribution in [0.1, 0.15) is 97.5 Å². The van der Waals surface area contributed by atoms with Gasteiger partial charge in [0, 0.05) is 43.6 Å². The molecule has 1 amide bonds. The third-order valence-electron chi connectivity index (χ3n) is 6.81. The number of amides is 1. The third-order valence-corrected chi connectivity index (χ3v) is 7.27. The number of carboxylic acids is 1. The van der Waals surface area contributed by atoms with Crippen molar-refractivity contribution in [3.05, 3.63) is 75.4 Å². The highest BCUT2D eigenvalue weighted by molar-refractivity contribution is 6.30. The van der Waals surface area contributed by atoms with E-state index in [2.05, 4.69) is 10.4 Å². The first-order chi connectivity index (χ1) is 21.7. The second-order valence-electron chi connectivity index (χ2n) is 10.6. The summed E-state index contributed by atoms with van der Waals surface area (Å²) in [5.41, 5.74) is 1.14. The molecule has 1 aromatic heterocycles. The number of hydrogen-bond acceptors (Lipinski definition) is 5. The number of nitrogens with one attached hydrogen (secondary N) is 1. The van der Waals surface area contributed by atoms with Gasteiger partial charge in [0.15, 0.2) is 11.6 Å². The minimum atomic E-state index is -1.20. The summed E-state index contributed by atoms with van der Waals surface area (Å²) in [4.78, 5) is 24.6. The SMILES string of the molecule is CC.CC.CC/C=C(\C=C/CN1CCC(C)(CCNC)OC1=O)C(=O)O.Cc1c(Cc2cc(F)c(F)cc2F)nn(C(C)C)c1Cl. The molecule has 260 valence electrons. The van der Waals surface area contributed by atoms with Gasteiger partial charge in [-0.2, -0.15) is 5.10 Å². The van der Waals surface area contributed by atoms with Gasteiger partial charge in [0.1, 0.15) is 16.6 Å². The first kappa shape index (κ1) is 42.7. The monoisotopic (exact) mass is 672 g/mol. The standard InChI is InChI=1S/C16H26N2O4.C14H14ClF3N2.2C2H6/c1-4-6-13(14(19)20)7-5-11-18-12-9-16(2,8-10-17-3)22-15(18)21;1-7(2)20-14(15)8(3)13(19-20)5-9-4-11(17)12(18)6-10(9)16;2*1-2/h5-7,17H,4,8-12H2,1-3H3,(H,19,20);4,6-7H,5H2,1-3H3;2*1-2H3/b7-5-,13-6+;;;. The Labute approximate surface area is 277 Å². The molecule has 0 saturated carbocycles. The molecule has 2 aromatic rings. The molecule has 12 heteroatoms. The van der Waals surface area contributed by atoms with Gasteiger partial charge in [-0.05, 0) is 65.8 Å². The van der Waals surface area contributed by atoms with Crippen molar-refractivity contribution in [2.75, 3.05) is 26.7 Å². The van der Waals surface area contributed by atoms with E-state index >= 15 is 0 Å². The second kappa shape index (κ2) is 21.5. The van der Waals surface area contributed by atoms with Crippen LogP contribution >= 0.6 is 11.6 Å². The average molecular weight is 673 g/mol. The van der Waals surface area contributed by atoms with Gasteiger partial charge < -0.3 is 20.1 Å². The molecule has 8 nitrogen and oxygen atoms in total. The number of carboxylic acid groups (broad SMARTS) is 1. The van der Waals surface area contributed by atoms with Crippen molar-refractivity contribution < 1.29 is 32.6 Å². The number of ether oxygens (including phenoxy) is 1. The second-order valence-corrected chi connectivity index (χ2v) is 10.9. The molecule has 1 fully saturated rings. The van der Waals surface area contributed by atoms with Crippen LogP contribution in [0.5, 0.6) is 0 Å². The van der Waals surface area contributed by atoms with Crippen LogP contribution in [0.25, 0.3) is 0 Å². The quantitative estimate of drug-likeness (QED) is 0.141. The number of carbonyl (C=O) groups is 2. The Hall–Kier alpha value is -3.31. The van der Waals surface area contributed by atoms with Crippen molar-refractivity contribution in [2.45, 2.75) is 99.6 Å². The summed E-state index contributed by atoms with van der Waals surface area (Å²) in [6.45, 7) is 19.2. The molecule has 2 N–H and O–H groups in total. The van der Waals surface area contributed by atoms with Gasteiger partial charge >= 0.3 is 12.1 Å². The Morgan fingerprint density at radius 3 is 2.28 bits per heavy atom. The van der Waals surface area contributed by atoms with E-state index in [0.717, 1.165) is 25.5 Å². The molecule has 0 spiro atoms. The zero-order chi connectivity index (χ0) is 35.6. The summed E-state index contributed by atoms with van der Waals surface area (Å²) in [6, 6.07) is 1.46. The van der Waals surface area contributed by atoms with Crippen molar-refractivity contribution >= 4 is 23.7 Å². The number of hydrogen-bond donors (Lipinski definition) is 2. The first-order valence-electron chi connectivity index (χ1n) is 15.8. The zero-order valence-electron chi connectivity index (χ0n) is 28.9. The molecule has 1 aromatic carbocycles. The molecular formula is C34H52ClF3N4O4. The number of aliphatic carboxylic acids is 1. The van der Waals surface area contributed by atoms with Crippen LogP contribution in [-0.2, 0) is 16.0 Å². The molecule has 0 aliphatic carbocycles. The van der Waals surface area contributed by atoms with Crippen LogP contribution in [0.3, 0.4) is 0 Å². The van der Waals surface area contributed by atoms with Crippen molar-refractivity contribution in [1.29, 1.82) is 0 Å². The molecule has 1 atom stereocenters. The lowest BCUT2D eigenvalue weighted by Crippen LogP contribution is -2.48. The van der Waals surface area contributed by atoms with Crippen LogP contribution in [0, 0.1) is 24.4 Å². The maximum atomic E-state index is 13.6. The highest BCUT2D eigenvalue weighted by Gasteiger charge is 2.35. The Morgan fingerprint density at radius 1 is 1.17 bits per heavy atom. The number of rotatable bonds is 11. The normalized spacial score (nSPS) is 16.2. The van der Waals surface area contributed by atoms with Gasteiger partial charge in [0.2, 0.25) is 0 Å². The minimum absolute atomic E-state index is 0.0528. The largest absolute Gasteiger partial charge is 0.478 e. The fourth-order valence-corrected chi connectivity index (χ4v) is 4.55. The van der Waals surface area contributed by atoms with Crippen LogP contribution in [0.15, 0.2) is 35.9 Å². The molecule has 1 unspecified atom stereocenters. The molecule has 1 aliphatic rings. The predicted octanol–water partition coefficient (Wildman–Crippen LogP) is 8.66.